The summed E-state index contributed by atoms with van der Waals surface area (Å²) in [6.45, 7) is 6.45. The molecule has 0 aliphatic carbocycles. The first-order valence-electron chi connectivity index (χ1n) is 5.32. The Morgan fingerprint density at radius 2 is 2.21 bits per heavy atom. The lowest BCUT2D eigenvalue weighted by Gasteiger charge is -2.28. The molecule has 1 rings (SSSR count). The summed E-state index contributed by atoms with van der Waals surface area (Å²) >= 11 is 0. The number of amides is 1. The third kappa shape index (κ3) is 2.07. The molecule has 4 heteroatoms. The van der Waals surface area contributed by atoms with Crippen LogP contribution in [-0.4, -0.2) is 54.5 Å². The summed E-state index contributed by atoms with van der Waals surface area (Å²) in [7, 11) is 1.87. The molecule has 2 unspecified atom stereocenters. The first-order chi connectivity index (χ1) is 6.61. The van der Waals surface area contributed by atoms with Gasteiger partial charge in [0.2, 0.25) is 5.91 Å². The van der Waals surface area contributed by atoms with Gasteiger partial charge in [-0.05, 0) is 19.9 Å². The largest absolute Gasteiger partial charge is 0.342 e. The fourth-order valence-electron chi connectivity index (χ4n) is 1.94. The molecule has 0 aromatic rings. The van der Waals surface area contributed by atoms with Crippen LogP contribution in [0.2, 0.25) is 0 Å². The Balaban J connectivity index is 2.81. The number of carbonyl (C=O) groups is 1. The van der Waals surface area contributed by atoms with Crippen LogP contribution < -0.4 is 5.73 Å². The summed E-state index contributed by atoms with van der Waals surface area (Å²) in [5, 5.41) is 0. The lowest BCUT2D eigenvalue weighted by Crippen LogP contribution is -2.49. The van der Waals surface area contributed by atoms with Crippen molar-refractivity contribution in [1.82, 2.24) is 9.80 Å². The first kappa shape index (κ1) is 11.5. The maximum absolute atomic E-state index is 12.0. The average Bonchev–Trinajstić information content (AvgIpc) is 2.30. The maximum atomic E-state index is 12.0. The molecule has 2 N–H and O–H groups in total. The average molecular weight is 199 g/mol. The van der Waals surface area contributed by atoms with Gasteiger partial charge >= 0.3 is 0 Å². The normalized spacial score (nSPS) is 30.6. The Labute approximate surface area is 86.0 Å². The van der Waals surface area contributed by atoms with Crippen molar-refractivity contribution in [2.45, 2.75) is 32.4 Å². The van der Waals surface area contributed by atoms with E-state index in [9.17, 15) is 4.79 Å². The van der Waals surface area contributed by atoms with Crippen LogP contribution in [-0.2, 0) is 4.79 Å². The van der Waals surface area contributed by atoms with Gasteiger partial charge in [0, 0.05) is 26.2 Å². The summed E-state index contributed by atoms with van der Waals surface area (Å²) in [5.41, 5.74) is 5.65. The van der Waals surface area contributed by atoms with E-state index in [2.05, 4.69) is 18.7 Å². The summed E-state index contributed by atoms with van der Waals surface area (Å²) in [6, 6.07) is 0.211. The lowest BCUT2D eigenvalue weighted by atomic mass is 10.2. The van der Waals surface area contributed by atoms with Crippen molar-refractivity contribution in [3.63, 3.8) is 0 Å². The molecule has 0 radical (unpaired) electrons. The fourth-order valence-corrected chi connectivity index (χ4v) is 1.94. The highest BCUT2D eigenvalue weighted by Crippen LogP contribution is 2.14. The van der Waals surface area contributed by atoms with Crippen molar-refractivity contribution in [3.8, 4) is 0 Å². The van der Waals surface area contributed by atoms with E-state index in [1.165, 1.54) is 0 Å². The number of rotatable bonds is 2. The smallest absolute Gasteiger partial charge is 0.241 e. The van der Waals surface area contributed by atoms with Crippen LogP contribution in [0, 0.1) is 0 Å². The topological polar surface area (TPSA) is 49.6 Å². The first-order valence-corrected chi connectivity index (χ1v) is 5.32. The number of likely N-dealkylation sites (N-methyl/N-ethyl adjacent to an activating group) is 2. The van der Waals surface area contributed by atoms with Crippen LogP contribution in [0.15, 0.2) is 0 Å². The molecule has 0 bridgehead atoms. The summed E-state index contributed by atoms with van der Waals surface area (Å²) < 4.78 is 0. The predicted molar refractivity (Wildman–Crippen MR) is 56.9 cm³/mol. The number of hydrogen-bond acceptors (Lipinski definition) is 3. The van der Waals surface area contributed by atoms with Crippen molar-refractivity contribution in [3.05, 3.63) is 0 Å². The van der Waals surface area contributed by atoms with E-state index in [1.54, 1.807) is 0 Å². The van der Waals surface area contributed by atoms with Crippen molar-refractivity contribution in [2.24, 2.45) is 5.73 Å². The van der Waals surface area contributed by atoms with Gasteiger partial charge in [-0.2, -0.15) is 0 Å². The number of nitrogens with two attached hydrogens (primary N) is 1. The molecule has 0 spiro atoms. The van der Waals surface area contributed by atoms with Gasteiger partial charge in [0.25, 0.3) is 0 Å². The van der Waals surface area contributed by atoms with Crippen LogP contribution in [0.3, 0.4) is 0 Å². The molecule has 0 aromatic carbocycles. The second-order valence-electron chi connectivity index (χ2n) is 3.97. The van der Waals surface area contributed by atoms with Crippen molar-refractivity contribution < 1.29 is 4.79 Å². The van der Waals surface area contributed by atoms with Crippen LogP contribution in [0.25, 0.3) is 0 Å². The standard InChI is InChI=1S/C10H21N3O/c1-4-13-6-5-8(2)12(3)10(14)9(13)7-11/h8-9H,4-7,11H2,1-3H3. The summed E-state index contributed by atoms with van der Waals surface area (Å²) in [4.78, 5) is 16.0. The van der Waals surface area contributed by atoms with E-state index in [0.717, 1.165) is 19.5 Å². The minimum absolute atomic E-state index is 0.116. The summed E-state index contributed by atoms with van der Waals surface area (Å²) in [5.74, 6) is 0.166. The number of carbonyl (C=O) groups excluding carboxylic acids is 1. The molecule has 1 aliphatic heterocycles. The van der Waals surface area contributed by atoms with E-state index in [4.69, 9.17) is 5.73 Å². The quantitative estimate of drug-likeness (QED) is 0.675. The van der Waals surface area contributed by atoms with Gasteiger partial charge in [-0.3, -0.25) is 9.69 Å². The van der Waals surface area contributed by atoms with Gasteiger partial charge in [-0.25, -0.2) is 0 Å². The van der Waals surface area contributed by atoms with Crippen molar-refractivity contribution in [2.75, 3.05) is 26.7 Å². The number of nitrogens with zero attached hydrogens (tertiary/aromatic N) is 2. The highest BCUT2D eigenvalue weighted by molar-refractivity contribution is 5.82. The van der Waals surface area contributed by atoms with Crippen molar-refractivity contribution in [1.29, 1.82) is 0 Å². The monoisotopic (exact) mass is 199 g/mol. The minimum atomic E-state index is -0.116. The Hall–Kier alpha value is -0.610. The second-order valence-corrected chi connectivity index (χ2v) is 3.97. The van der Waals surface area contributed by atoms with Gasteiger partial charge in [-0.1, -0.05) is 6.92 Å². The zero-order chi connectivity index (χ0) is 10.7. The summed E-state index contributed by atoms with van der Waals surface area (Å²) in [6.07, 6.45) is 1.03. The third-order valence-electron chi connectivity index (χ3n) is 3.20. The molecule has 4 nitrogen and oxygen atoms in total. The van der Waals surface area contributed by atoms with Crippen LogP contribution in [0.4, 0.5) is 0 Å². The maximum Gasteiger partial charge on any atom is 0.241 e. The van der Waals surface area contributed by atoms with Crippen LogP contribution in [0.5, 0.6) is 0 Å². The second kappa shape index (κ2) is 4.75. The van der Waals surface area contributed by atoms with Crippen LogP contribution in [0.1, 0.15) is 20.3 Å². The molecule has 1 heterocycles. The molecule has 1 amide bonds. The van der Waals surface area contributed by atoms with E-state index in [1.807, 2.05) is 11.9 Å². The van der Waals surface area contributed by atoms with E-state index < -0.39 is 0 Å². The Morgan fingerprint density at radius 1 is 1.57 bits per heavy atom. The molecular weight excluding hydrogens is 178 g/mol. The highest BCUT2D eigenvalue weighted by atomic mass is 16.2. The molecule has 1 aliphatic rings. The van der Waals surface area contributed by atoms with Gasteiger partial charge in [0.1, 0.15) is 6.04 Å². The Bertz CT molecular complexity index is 208. The van der Waals surface area contributed by atoms with Crippen LogP contribution >= 0.6 is 0 Å². The third-order valence-corrected chi connectivity index (χ3v) is 3.20. The van der Waals surface area contributed by atoms with Gasteiger partial charge in [0.15, 0.2) is 0 Å². The zero-order valence-electron chi connectivity index (χ0n) is 9.36. The molecule has 1 saturated heterocycles. The zero-order valence-corrected chi connectivity index (χ0v) is 9.36. The highest BCUT2D eigenvalue weighted by Gasteiger charge is 2.31. The molecule has 2 atom stereocenters. The van der Waals surface area contributed by atoms with Crippen molar-refractivity contribution >= 4 is 5.91 Å². The molecule has 14 heavy (non-hydrogen) atoms. The van der Waals surface area contributed by atoms with E-state index >= 15 is 0 Å². The van der Waals surface area contributed by atoms with Gasteiger partial charge in [0.05, 0.1) is 0 Å². The van der Waals surface area contributed by atoms with E-state index in [-0.39, 0.29) is 11.9 Å². The predicted octanol–water partition coefficient (Wildman–Crippen LogP) is -0.114. The Morgan fingerprint density at radius 3 is 2.71 bits per heavy atom. The molecule has 0 aromatic heterocycles. The van der Waals surface area contributed by atoms with Gasteiger partial charge < -0.3 is 10.6 Å². The number of hydrogen-bond donors (Lipinski definition) is 1. The SMILES string of the molecule is CCN1CCC(C)N(C)C(=O)C1CN. The molecule has 1 fully saturated rings. The Kier molecular flexibility index (Phi) is 3.89. The van der Waals surface area contributed by atoms with Gasteiger partial charge in [-0.15, -0.1) is 0 Å². The molecule has 0 saturated carbocycles. The minimum Gasteiger partial charge on any atom is -0.342 e. The molecule has 82 valence electrons. The molecular formula is C10H21N3O. The lowest BCUT2D eigenvalue weighted by molar-refractivity contribution is -0.135. The fraction of sp³-hybridized carbons (Fsp3) is 0.900. The van der Waals surface area contributed by atoms with E-state index in [0.29, 0.717) is 12.6 Å².